The van der Waals surface area contributed by atoms with Gasteiger partial charge in [0, 0.05) is 23.6 Å². The molecule has 0 bridgehead atoms. The van der Waals surface area contributed by atoms with Crippen LogP contribution in [-0.4, -0.2) is 6.61 Å². The van der Waals surface area contributed by atoms with Gasteiger partial charge in [-0.25, -0.2) is 0 Å². The van der Waals surface area contributed by atoms with E-state index in [2.05, 4.69) is 6.07 Å². The molecule has 1 rings (SSSR count). The van der Waals surface area contributed by atoms with Crippen molar-refractivity contribution in [1.29, 1.82) is 5.26 Å². The van der Waals surface area contributed by atoms with Gasteiger partial charge in [-0.05, 0) is 25.0 Å². The summed E-state index contributed by atoms with van der Waals surface area (Å²) in [6.45, 7) is 0.851. The van der Waals surface area contributed by atoms with Gasteiger partial charge < -0.3 is 10.5 Å². The highest BCUT2D eigenvalue weighted by Crippen LogP contribution is 2.32. The van der Waals surface area contributed by atoms with Crippen molar-refractivity contribution in [3.05, 3.63) is 27.7 Å². The Bertz CT molecular complexity index is 416. The lowest BCUT2D eigenvalue weighted by Gasteiger charge is -2.12. The summed E-state index contributed by atoms with van der Waals surface area (Å²) in [5, 5.41) is 9.42. The van der Waals surface area contributed by atoms with Crippen molar-refractivity contribution in [2.24, 2.45) is 5.73 Å². The van der Waals surface area contributed by atoms with E-state index >= 15 is 0 Å². The van der Waals surface area contributed by atoms with Gasteiger partial charge in [-0.15, -0.1) is 0 Å². The second kappa shape index (κ2) is 7.39. The van der Waals surface area contributed by atoms with Gasteiger partial charge in [-0.2, -0.15) is 5.26 Å². The Morgan fingerprint density at radius 1 is 1.29 bits per heavy atom. The molecule has 3 nitrogen and oxygen atoms in total. The monoisotopic (exact) mass is 272 g/mol. The highest BCUT2D eigenvalue weighted by molar-refractivity contribution is 6.35. The molecule has 0 aliphatic rings. The van der Waals surface area contributed by atoms with E-state index < -0.39 is 0 Å². The van der Waals surface area contributed by atoms with Crippen molar-refractivity contribution in [2.45, 2.75) is 25.8 Å². The quantitative estimate of drug-likeness (QED) is 0.806. The van der Waals surface area contributed by atoms with Gasteiger partial charge in [0.15, 0.2) is 0 Å². The van der Waals surface area contributed by atoms with Crippen LogP contribution in [0.15, 0.2) is 12.1 Å². The molecule has 0 amide bonds. The minimum atomic E-state index is 0.327. The second-order valence-corrected chi connectivity index (χ2v) is 4.39. The number of ether oxygens (including phenoxy) is 1. The lowest BCUT2D eigenvalue weighted by Crippen LogP contribution is -2.04. The van der Waals surface area contributed by atoms with Gasteiger partial charge in [0.1, 0.15) is 5.75 Å². The molecule has 92 valence electrons. The number of benzene rings is 1. The summed E-state index contributed by atoms with van der Waals surface area (Å²) >= 11 is 11.9. The average molecular weight is 273 g/mol. The van der Waals surface area contributed by atoms with E-state index in [0.717, 1.165) is 18.4 Å². The van der Waals surface area contributed by atoms with Gasteiger partial charge in [0.25, 0.3) is 0 Å². The Hall–Kier alpha value is -0.950. The third kappa shape index (κ3) is 4.43. The van der Waals surface area contributed by atoms with Crippen LogP contribution in [0.25, 0.3) is 0 Å². The van der Waals surface area contributed by atoms with E-state index in [1.807, 2.05) is 0 Å². The van der Waals surface area contributed by atoms with E-state index in [1.165, 1.54) is 0 Å². The molecule has 0 saturated carbocycles. The summed E-state index contributed by atoms with van der Waals surface area (Å²) < 4.78 is 5.58. The van der Waals surface area contributed by atoms with Crippen LogP contribution < -0.4 is 10.5 Å². The number of nitrogens with two attached hydrogens (primary N) is 1. The lowest BCUT2D eigenvalue weighted by molar-refractivity contribution is 0.305. The van der Waals surface area contributed by atoms with Crippen molar-refractivity contribution >= 4 is 23.2 Å². The molecular formula is C12H14Cl2N2O. The van der Waals surface area contributed by atoms with Crippen LogP contribution in [0.2, 0.25) is 10.0 Å². The molecule has 0 radical (unpaired) electrons. The highest BCUT2D eigenvalue weighted by Gasteiger charge is 2.09. The average Bonchev–Trinajstić information content (AvgIpc) is 2.30. The first-order chi connectivity index (χ1) is 8.19. The SMILES string of the molecule is N#CCCCCOc1c(Cl)cc(Cl)cc1CN. The third-order valence-electron chi connectivity index (χ3n) is 2.23. The molecule has 0 unspecified atom stereocenters. The predicted octanol–water partition coefficient (Wildman–Crippen LogP) is 3.52. The van der Waals surface area contributed by atoms with Gasteiger partial charge in [0.05, 0.1) is 17.7 Å². The van der Waals surface area contributed by atoms with Crippen molar-refractivity contribution < 1.29 is 4.74 Å². The summed E-state index contributed by atoms with van der Waals surface area (Å²) in [6, 6.07) is 5.47. The fourth-order valence-corrected chi connectivity index (χ4v) is 2.00. The number of nitriles is 1. The number of hydrogen-bond donors (Lipinski definition) is 1. The first-order valence-corrected chi connectivity index (χ1v) is 6.12. The van der Waals surface area contributed by atoms with Crippen LogP contribution in [0, 0.1) is 11.3 Å². The fraction of sp³-hybridized carbons (Fsp3) is 0.417. The van der Waals surface area contributed by atoms with Crippen LogP contribution >= 0.6 is 23.2 Å². The summed E-state index contributed by atoms with van der Waals surface area (Å²) in [5.41, 5.74) is 6.39. The molecule has 0 spiro atoms. The number of halogens is 2. The Labute approximate surface area is 111 Å². The molecule has 0 heterocycles. The van der Waals surface area contributed by atoms with Crippen LogP contribution in [-0.2, 0) is 6.54 Å². The zero-order chi connectivity index (χ0) is 12.7. The Morgan fingerprint density at radius 2 is 2.06 bits per heavy atom. The molecule has 0 aliphatic carbocycles. The summed E-state index contributed by atoms with van der Waals surface area (Å²) in [7, 11) is 0. The summed E-state index contributed by atoms with van der Waals surface area (Å²) in [5.74, 6) is 0.593. The molecule has 0 aliphatic heterocycles. The first-order valence-electron chi connectivity index (χ1n) is 5.36. The molecule has 0 saturated heterocycles. The highest BCUT2D eigenvalue weighted by atomic mass is 35.5. The number of unbranched alkanes of at least 4 members (excludes halogenated alkanes) is 2. The van der Waals surface area contributed by atoms with Crippen LogP contribution in [0.3, 0.4) is 0 Å². The fourth-order valence-electron chi connectivity index (χ4n) is 1.41. The number of hydrogen-bond acceptors (Lipinski definition) is 3. The smallest absolute Gasteiger partial charge is 0.142 e. The third-order valence-corrected chi connectivity index (χ3v) is 2.73. The molecular weight excluding hydrogens is 259 g/mol. The van der Waals surface area contributed by atoms with Crippen LogP contribution in [0.5, 0.6) is 5.75 Å². The summed E-state index contributed by atoms with van der Waals surface area (Å²) in [6.07, 6.45) is 2.18. The van der Waals surface area contributed by atoms with Crippen molar-refractivity contribution in [2.75, 3.05) is 6.61 Å². The maximum absolute atomic E-state index is 8.40. The molecule has 1 aromatic rings. The van der Waals surface area contributed by atoms with Crippen LogP contribution in [0.1, 0.15) is 24.8 Å². The maximum Gasteiger partial charge on any atom is 0.142 e. The van der Waals surface area contributed by atoms with Crippen molar-refractivity contribution in [3.63, 3.8) is 0 Å². The standard InChI is InChI=1S/C12H14Cl2N2O/c13-10-6-9(8-16)12(11(14)7-10)17-5-3-1-2-4-15/h6-7H,1-3,5,8,16H2. The van der Waals surface area contributed by atoms with Crippen LogP contribution in [0.4, 0.5) is 0 Å². The minimum absolute atomic E-state index is 0.327. The van der Waals surface area contributed by atoms with E-state index in [-0.39, 0.29) is 0 Å². The second-order valence-electron chi connectivity index (χ2n) is 3.54. The van der Waals surface area contributed by atoms with Gasteiger partial charge >= 0.3 is 0 Å². The molecule has 17 heavy (non-hydrogen) atoms. The topological polar surface area (TPSA) is 59.0 Å². The normalized spacial score (nSPS) is 10.0. The molecule has 2 N–H and O–H groups in total. The Kier molecular flexibility index (Phi) is 6.13. The molecule has 0 fully saturated rings. The maximum atomic E-state index is 8.40. The van der Waals surface area contributed by atoms with E-state index in [9.17, 15) is 0 Å². The van der Waals surface area contributed by atoms with Gasteiger partial charge in [-0.3, -0.25) is 0 Å². The Balaban J connectivity index is 2.61. The molecule has 1 aromatic carbocycles. The summed E-state index contributed by atoms with van der Waals surface area (Å²) in [4.78, 5) is 0. The minimum Gasteiger partial charge on any atom is -0.492 e. The van der Waals surface area contributed by atoms with Gasteiger partial charge in [0.2, 0.25) is 0 Å². The first kappa shape index (κ1) is 14.1. The molecule has 0 atom stereocenters. The largest absolute Gasteiger partial charge is 0.492 e. The van der Waals surface area contributed by atoms with Gasteiger partial charge in [-0.1, -0.05) is 23.2 Å². The number of rotatable bonds is 6. The lowest BCUT2D eigenvalue weighted by atomic mass is 10.2. The predicted molar refractivity (Wildman–Crippen MR) is 69.3 cm³/mol. The van der Waals surface area contributed by atoms with E-state index in [4.69, 9.17) is 38.9 Å². The molecule has 5 heteroatoms. The van der Waals surface area contributed by atoms with E-state index in [1.54, 1.807) is 12.1 Å². The van der Waals surface area contributed by atoms with Crippen molar-refractivity contribution in [1.82, 2.24) is 0 Å². The zero-order valence-corrected chi connectivity index (χ0v) is 10.9. The van der Waals surface area contributed by atoms with E-state index in [0.29, 0.717) is 35.4 Å². The Morgan fingerprint density at radius 3 is 2.71 bits per heavy atom. The zero-order valence-electron chi connectivity index (χ0n) is 9.38. The number of nitrogens with zero attached hydrogens (tertiary/aromatic N) is 1. The van der Waals surface area contributed by atoms with Crippen molar-refractivity contribution in [3.8, 4) is 11.8 Å². The molecule has 0 aromatic heterocycles.